The molecule has 1 saturated carbocycles. The molecular formula is C15H18ClN3. The van der Waals surface area contributed by atoms with E-state index >= 15 is 0 Å². The van der Waals surface area contributed by atoms with Gasteiger partial charge in [-0.05, 0) is 36.3 Å². The van der Waals surface area contributed by atoms with Crippen molar-refractivity contribution < 1.29 is 0 Å². The fourth-order valence-corrected chi connectivity index (χ4v) is 3.18. The Morgan fingerprint density at radius 1 is 1.21 bits per heavy atom. The topological polar surface area (TPSA) is 30.7 Å². The van der Waals surface area contributed by atoms with E-state index in [0.29, 0.717) is 11.2 Å². The minimum Gasteiger partial charge on any atom is -0.298 e. The van der Waals surface area contributed by atoms with Crippen LogP contribution in [0.1, 0.15) is 26.2 Å². The van der Waals surface area contributed by atoms with Crippen LogP contribution in [0.3, 0.4) is 0 Å². The number of aromatic nitrogens is 3. The summed E-state index contributed by atoms with van der Waals surface area (Å²) in [5, 5.41) is 8.76. The Bertz CT molecular complexity index is 550. The summed E-state index contributed by atoms with van der Waals surface area (Å²) < 4.78 is 2.06. The van der Waals surface area contributed by atoms with E-state index in [1.807, 2.05) is 30.3 Å². The second kappa shape index (κ2) is 5.33. The predicted octanol–water partition coefficient (Wildman–Crippen LogP) is 4.03. The highest BCUT2D eigenvalue weighted by atomic mass is 35.5. The average Bonchev–Trinajstić information content (AvgIpc) is 2.99. The van der Waals surface area contributed by atoms with Crippen LogP contribution < -0.4 is 0 Å². The maximum absolute atomic E-state index is 6.20. The summed E-state index contributed by atoms with van der Waals surface area (Å²) in [6.45, 7) is 3.26. The van der Waals surface area contributed by atoms with Crippen molar-refractivity contribution >= 4 is 11.6 Å². The van der Waals surface area contributed by atoms with Gasteiger partial charge in [0.1, 0.15) is 0 Å². The second-order valence-electron chi connectivity index (χ2n) is 5.55. The van der Waals surface area contributed by atoms with Crippen LogP contribution in [0.25, 0.3) is 11.4 Å². The van der Waals surface area contributed by atoms with Gasteiger partial charge in [0.2, 0.25) is 5.28 Å². The largest absolute Gasteiger partial charge is 0.298 e. The molecule has 4 heteroatoms. The van der Waals surface area contributed by atoms with E-state index < -0.39 is 0 Å². The highest BCUT2D eigenvalue weighted by molar-refractivity contribution is 6.28. The van der Waals surface area contributed by atoms with E-state index in [2.05, 4.69) is 21.7 Å². The van der Waals surface area contributed by atoms with Gasteiger partial charge in [0.25, 0.3) is 0 Å². The predicted molar refractivity (Wildman–Crippen MR) is 77.0 cm³/mol. The van der Waals surface area contributed by atoms with Gasteiger partial charge in [0.05, 0.1) is 0 Å². The van der Waals surface area contributed by atoms with Gasteiger partial charge in [-0.15, -0.1) is 10.2 Å². The molecule has 2 aromatic rings. The van der Waals surface area contributed by atoms with Crippen LogP contribution in [0.4, 0.5) is 0 Å². The van der Waals surface area contributed by atoms with Gasteiger partial charge in [0.15, 0.2) is 5.82 Å². The molecule has 0 aliphatic heterocycles. The third kappa shape index (κ3) is 2.66. The first kappa shape index (κ1) is 12.7. The molecule has 0 N–H and O–H groups in total. The monoisotopic (exact) mass is 275 g/mol. The Labute approximate surface area is 118 Å². The maximum atomic E-state index is 6.20. The normalized spacial score (nSPS) is 22.8. The smallest absolute Gasteiger partial charge is 0.225 e. The number of benzene rings is 1. The van der Waals surface area contributed by atoms with Crippen molar-refractivity contribution in [2.45, 2.75) is 32.7 Å². The molecule has 1 aromatic carbocycles. The van der Waals surface area contributed by atoms with E-state index in [0.717, 1.165) is 23.9 Å². The van der Waals surface area contributed by atoms with Crippen LogP contribution in [0.2, 0.25) is 5.28 Å². The zero-order valence-electron chi connectivity index (χ0n) is 11.1. The molecular weight excluding hydrogens is 258 g/mol. The first-order chi connectivity index (χ1) is 9.24. The molecule has 3 rings (SSSR count). The van der Waals surface area contributed by atoms with Gasteiger partial charge in [-0.2, -0.15) is 0 Å². The molecule has 19 heavy (non-hydrogen) atoms. The first-order valence-electron chi connectivity index (χ1n) is 6.88. The first-order valence-corrected chi connectivity index (χ1v) is 7.26. The fourth-order valence-electron chi connectivity index (χ4n) is 3.00. The average molecular weight is 276 g/mol. The van der Waals surface area contributed by atoms with E-state index in [1.165, 1.54) is 19.3 Å². The Kier molecular flexibility index (Phi) is 3.56. The quantitative estimate of drug-likeness (QED) is 0.846. The molecule has 0 bridgehead atoms. The van der Waals surface area contributed by atoms with Crippen molar-refractivity contribution in [3.05, 3.63) is 35.6 Å². The lowest BCUT2D eigenvalue weighted by Crippen LogP contribution is -2.09. The van der Waals surface area contributed by atoms with Crippen LogP contribution in [0, 0.1) is 11.8 Å². The van der Waals surface area contributed by atoms with Gasteiger partial charge in [-0.1, -0.05) is 43.7 Å². The third-order valence-electron chi connectivity index (χ3n) is 3.98. The van der Waals surface area contributed by atoms with Gasteiger partial charge in [-0.3, -0.25) is 4.57 Å². The zero-order chi connectivity index (χ0) is 13.2. The van der Waals surface area contributed by atoms with Crippen molar-refractivity contribution in [3.63, 3.8) is 0 Å². The number of halogens is 1. The highest BCUT2D eigenvalue weighted by Crippen LogP contribution is 2.33. The van der Waals surface area contributed by atoms with Crippen molar-refractivity contribution in [1.29, 1.82) is 0 Å². The summed E-state index contributed by atoms with van der Waals surface area (Å²) in [6.07, 6.45) is 3.89. The minimum absolute atomic E-state index is 0.499. The molecule has 1 fully saturated rings. The Balaban J connectivity index is 1.87. The SMILES string of the molecule is CC1CCC(Cn2c(Cl)nnc2-c2ccccc2)C1. The van der Waals surface area contributed by atoms with Gasteiger partial charge < -0.3 is 0 Å². The number of nitrogens with zero attached hydrogens (tertiary/aromatic N) is 3. The summed E-state index contributed by atoms with van der Waals surface area (Å²) in [7, 11) is 0. The maximum Gasteiger partial charge on any atom is 0.225 e. The number of hydrogen-bond donors (Lipinski definition) is 0. The lowest BCUT2D eigenvalue weighted by atomic mass is 10.1. The zero-order valence-corrected chi connectivity index (χ0v) is 11.8. The summed E-state index contributed by atoms with van der Waals surface area (Å²) in [5.74, 6) is 2.41. The summed E-state index contributed by atoms with van der Waals surface area (Å²) in [5.41, 5.74) is 1.08. The molecule has 0 amide bonds. The molecule has 1 aliphatic carbocycles. The van der Waals surface area contributed by atoms with Crippen molar-refractivity contribution in [1.82, 2.24) is 14.8 Å². The molecule has 0 saturated heterocycles. The molecule has 1 heterocycles. The summed E-state index contributed by atoms with van der Waals surface area (Å²) in [4.78, 5) is 0. The molecule has 0 spiro atoms. The lowest BCUT2D eigenvalue weighted by molar-refractivity contribution is 0.443. The van der Waals surface area contributed by atoms with Crippen LogP contribution in [0.5, 0.6) is 0 Å². The molecule has 1 aromatic heterocycles. The van der Waals surface area contributed by atoms with Gasteiger partial charge in [0, 0.05) is 12.1 Å². The Morgan fingerprint density at radius 2 is 2.00 bits per heavy atom. The summed E-state index contributed by atoms with van der Waals surface area (Å²) >= 11 is 6.20. The summed E-state index contributed by atoms with van der Waals surface area (Å²) in [6, 6.07) is 10.1. The molecule has 0 radical (unpaired) electrons. The van der Waals surface area contributed by atoms with E-state index in [9.17, 15) is 0 Å². The second-order valence-corrected chi connectivity index (χ2v) is 5.89. The lowest BCUT2D eigenvalue weighted by Gasteiger charge is -2.13. The number of hydrogen-bond acceptors (Lipinski definition) is 2. The Hall–Kier alpha value is -1.35. The van der Waals surface area contributed by atoms with Crippen molar-refractivity contribution in [2.24, 2.45) is 11.8 Å². The number of rotatable bonds is 3. The van der Waals surface area contributed by atoms with Gasteiger partial charge in [-0.25, -0.2) is 0 Å². The van der Waals surface area contributed by atoms with Crippen molar-refractivity contribution in [3.8, 4) is 11.4 Å². The van der Waals surface area contributed by atoms with Gasteiger partial charge >= 0.3 is 0 Å². The highest BCUT2D eigenvalue weighted by Gasteiger charge is 2.24. The van der Waals surface area contributed by atoms with E-state index in [1.54, 1.807) is 0 Å². The molecule has 1 aliphatic rings. The van der Waals surface area contributed by atoms with Crippen molar-refractivity contribution in [2.75, 3.05) is 0 Å². The standard InChI is InChI=1S/C15H18ClN3/c1-11-7-8-12(9-11)10-19-14(17-18-15(19)16)13-5-3-2-4-6-13/h2-6,11-12H,7-10H2,1H3. The molecule has 2 atom stereocenters. The van der Waals surface area contributed by atoms with Crippen LogP contribution in [-0.2, 0) is 6.54 Å². The van der Waals surface area contributed by atoms with Crippen LogP contribution in [-0.4, -0.2) is 14.8 Å². The molecule has 3 nitrogen and oxygen atoms in total. The molecule has 100 valence electrons. The Morgan fingerprint density at radius 3 is 2.68 bits per heavy atom. The fraction of sp³-hybridized carbons (Fsp3) is 0.467. The van der Waals surface area contributed by atoms with Crippen LogP contribution >= 0.6 is 11.6 Å². The van der Waals surface area contributed by atoms with E-state index in [4.69, 9.17) is 11.6 Å². The molecule has 2 unspecified atom stereocenters. The third-order valence-corrected chi connectivity index (χ3v) is 4.26. The minimum atomic E-state index is 0.499. The van der Waals surface area contributed by atoms with E-state index in [-0.39, 0.29) is 0 Å². The van der Waals surface area contributed by atoms with Crippen LogP contribution in [0.15, 0.2) is 30.3 Å².